The lowest BCUT2D eigenvalue weighted by Crippen LogP contribution is -2.43. The first-order valence-corrected chi connectivity index (χ1v) is 7.25. The number of thiophene rings is 1. The van der Waals surface area contributed by atoms with E-state index in [0.29, 0.717) is 15.8 Å². The summed E-state index contributed by atoms with van der Waals surface area (Å²) in [6, 6.07) is 1.78. The molecule has 96 valence electrons. The van der Waals surface area contributed by atoms with Gasteiger partial charge in [0, 0.05) is 11.9 Å². The molecule has 0 radical (unpaired) electrons. The molecule has 0 aliphatic carbocycles. The maximum atomic E-state index is 12.0. The Morgan fingerprint density at radius 3 is 2.59 bits per heavy atom. The highest BCUT2D eigenvalue weighted by molar-refractivity contribution is 7.12. The van der Waals surface area contributed by atoms with E-state index in [1.165, 1.54) is 11.3 Å². The third-order valence-electron chi connectivity index (χ3n) is 2.57. The molecule has 0 aliphatic heterocycles. The largest absolute Gasteiger partial charge is 0.348 e. The topological polar surface area (TPSA) is 29.1 Å². The number of nitrogens with one attached hydrogen (secondary N) is 1. The number of carbonyl (C=O) groups excluding carboxylic acids is 1. The van der Waals surface area contributed by atoms with Gasteiger partial charge in [-0.15, -0.1) is 22.9 Å². The molecule has 1 heterocycles. The van der Waals surface area contributed by atoms with Gasteiger partial charge in [-0.3, -0.25) is 4.79 Å². The zero-order valence-electron chi connectivity index (χ0n) is 10.2. The Labute approximate surface area is 116 Å². The van der Waals surface area contributed by atoms with Gasteiger partial charge in [-0.1, -0.05) is 32.4 Å². The number of alkyl halides is 1. The van der Waals surface area contributed by atoms with Crippen molar-refractivity contribution in [3.05, 3.63) is 21.3 Å². The van der Waals surface area contributed by atoms with Crippen LogP contribution < -0.4 is 5.32 Å². The van der Waals surface area contributed by atoms with Gasteiger partial charge in [0.2, 0.25) is 0 Å². The first-order valence-electron chi connectivity index (χ1n) is 5.46. The molecule has 1 aromatic heterocycles. The van der Waals surface area contributed by atoms with Gasteiger partial charge in [-0.05, 0) is 23.3 Å². The minimum absolute atomic E-state index is 0.0196. The average molecular weight is 294 g/mol. The molecule has 0 bridgehead atoms. The molecule has 17 heavy (non-hydrogen) atoms. The Morgan fingerprint density at radius 1 is 1.53 bits per heavy atom. The molecule has 1 rings (SSSR count). The molecule has 0 spiro atoms. The van der Waals surface area contributed by atoms with Crippen molar-refractivity contribution in [3.8, 4) is 0 Å². The minimum atomic E-state index is -0.116. The summed E-state index contributed by atoms with van der Waals surface area (Å²) in [7, 11) is 0. The Hall–Kier alpha value is -0.250. The summed E-state index contributed by atoms with van der Waals surface area (Å²) in [5, 5.41) is 5.32. The molecule has 2 nitrogen and oxygen atoms in total. The summed E-state index contributed by atoms with van der Waals surface area (Å²) in [5.74, 6) is 0.412. The molecule has 1 amide bonds. The standard InChI is InChI=1S/C12H17Cl2NOS/c1-12(2,3)9(4-6-13)15-11(16)10-8(14)5-7-17-10/h5,7,9H,4,6H2,1-3H3,(H,15,16). The van der Waals surface area contributed by atoms with Crippen LogP contribution in [0.1, 0.15) is 36.9 Å². The van der Waals surface area contributed by atoms with E-state index < -0.39 is 0 Å². The highest BCUT2D eigenvalue weighted by Gasteiger charge is 2.26. The normalized spacial score (nSPS) is 13.5. The summed E-state index contributed by atoms with van der Waals surface area (Å²) in [6.45, 7) is 6.25. The number of carbonyl (C=O) groups is 1. The Kier molecular flexibility index (Phi) is 5.29. The predicted octanol–water partition coefficient (Wildman–Crippen LogP) is 4.17. The summed E-state index contributed by atoms with van der Waals surface area (Å²) < 4.78 is 0. The smallest absolute Gasteiger partial charge is 0.263 e. The van der Waals surface area contributed by atoms with E-state index in [4.69, 9.17) is 23.2 Å². The van der Waals surface area contributed by atoms with Crippen molar-refractivity contribution in [2.45, 2.75) is 33.2 Å². The third-order valence-corrected chi connectivity index (χ3v) is 4.13. The van der Waals surface area contributed by atoms with Crippen LogP contribution in [0.3, 0.4) is 0 Å². The van der Waals surface area contributed by atoms with Crippen molar-refractivity contribution in [1.82, 2.24) is 5.32 Å². The fraction of sp³-hybridized carbons (Fsp3) is 0.583. The highest BCUT2D eigenvalue weighted by Crippen LogP contribution is 2.25. The fourth-order valence-electron chi connectivity index (χ4n) is 1.51. The second-order valence-electron chi connectivity index (χ2n) is 4.97. The van der Waals surface area contributed by atoms with Crippen molar-refractivity contribution in [1.29, 1.82) is 0 Å². The van der Waals surface area contributed by atoms with E-state index in [1.807, 2.05) is 5.38 Å². The lowest BCUT2D eigenvalue weighted by atomic mass is 9.85. The molecule has 1 unspecified atom stereocenters. The van der Waals surface area contributed by atoms with Crippen LogP contribution in [0.25, 0.3) is 0 Å². The molecule has 1 atom stereocenters. The van der Waals surface area contributed by atoms with Crippen LogP contribution in [0.4, 0.5) is 0 Å². The van der Waals surface area contributed by atoms with Gasteiger partial charge in [0.05, 0.1) is 5.02 Å². The first-order chi connectivity index (χ1) is 7.86. The number of halogens is 2. The Bertz CT molecular complexity index is 384. The molecule has 5 heteroatoms. The van der Waals surface area contributed by atoms with Gasteiger partial charge in [0.15, 0.2) is 0 Å². The Balaban J connectivity index is 2.75. The SMILES string of the molecule is CC(C)(C)C(CCCl)NC(=O)c1sccc1Cl. The maximum Gasteiger partial charge on any atom is 0.263 e. The first kappa shape index (κ1) is 14.8. The van der Waals surface area contributed by atoms with E-state index in [2.05, 4.69) is 26.1 Å². The molecule has 0 aliphatic rings. The predicted molar refractivity (Wildman–Crippen MR) is 75.4 cm³/mol. The lowest BCUT2D eigenvalue weighted by Gasteiger charge is -2.31. The second-order valence-corrected chi connectivity index (χ2v) is 6.67. The quantitative estimate of drug-likeness (QED) is 0.829. The van der Waals surface area contributed by atoms with Crippen LogP contribution in [0, 0.1) is 5.41 Å². The second kappa shape index (κ2) is 6.07. The van der Waals surface area contributed by atoms with Gasteiger partial charge < -0.3 is 5.32 Å². The van der Waals surface area contributed by atoms with Gasteiger partial charge >= 0.3 is 0 Å². The molecule has 0 saturated heterocycles. The van der Waals surface area contributed by atoms with Crippen LogP contribution >= 0.6 is 34.5 Å². The van der Waals surface area contributed by atoms with E-state index in [-0.39, 0.29) is 17.4 Å². The van der Waals surface area contributed by atoms with Crippen molar-refractivity contribution in [2.24, 2.45) is 5.41 Å². The average Bonchev–Trinajstić information content (AvgIpc) is 2.62. The van der Waals surface area contributed by atoms with Gasteiger partial charge in [-0.2, -0.15) is 0 Å². The zero-order chi connectivity index (χ0) is 13.1. The van der Waals surface area contributed by atoms with E-state index in [1.54, 1.807) is 6.07 Å². The number of amides is 1. The molecule has 0 fully saturated rings. The summed E-state index contributed by atoms with van der Waals surface area (Å²) in [4.78, 5) is 12.6. The molecular weight excluding hydrogens is 277 g/mol. The van der Waals surface area contributed by atoms with E-state index in [0.717, 1.165) is 6.42 Å². The van der Waals surface area contributed by atoms with E-state index >= 15 is 0 Å². The fourth-order valence-corrected chi connectivity index (χ4v) is 2.77. The van der Waals surface area contributed by atoms with Gasteiger partial charge in [-0.25, -0.2) is 0 Å². The van der Waals surface area contributed by atoms with E-state index in [9.17, 15) is 4.79 Å². The van der Waals surface area contributed by atoms with Crippen LogP contribution in [0.5, 0.6) is 0 Å². The van der Waals surface area contributed by atoms with Crippen LogP contribution in [0.15, 0.2) is 11.4 Å². The summed E-state index contributed by atoms with van der Waals surface area (Å²) in [5.41, 5.74) is -0.0196. The zero-order valence-corrected chi connectivity index (χ0v) is 12.5. The van der Waals surface area contributed by atoms with Crippen molar-refractivity contribution < 1.29 is 4.79 Å². The molecule has 0 saturated carbocycles. The van der Waals surface area contributed by atoms with Crippen molar-refractivity contribution >= 4 is 40.4 Å². The monoisotopic (exact) mass is 293 g/mol. The maximum absolute atomic E-state index is 12.0. The van der Waals surface area contributed by atoms with Gasteiger partial charge in [0.1, 0.15) is 4.88 Å². The summed E-state index contributed by atoms with van der Waals surface area (Å²) >= 11 is 13.1. The third kappa shape index (κ3) is 4.16. The van der Waals surface area contributed by atoms with Crippen LogP contribution in [-0.4, -0.2) is 17.8 Å². The van der Waals surface area contributed by atoms with Crippen molar-refractivity contribution in [3.63, 3.8) is 0 Å². The molecule has 0 aromatic carbocycles. The summed E-state index contributed by atoms with van der Waals surface area (Å²) in [6.07, 6.45) is 0.750. The number of rotatable bonds is 4. The molecule has 1 N–H and O–H groups in total. The minimum Gasteiger partial charge on any atom is -0.348 e. The van der Waals surface area contributed by atoms with Crippen LogP contribution in [0.2, 0.25) is 5.02 Å². The Morgan fingerprint density at radius 2 is 2.18 bits per heavy atom. The number of hydrogen-bond donors (Lipinski definition) is 1. The molecule has 1 aromatic rings. The van der Waals surface area contributed by atoms with Crippen molar-refractivity contribution in [2.75, 3.05) is 5.88 Å². The molecular formula is C12H17Cl2NOS. The highest BCUT2D eigenvalue weighted by atomic mass is 35.5. The lowest BCUT2D eigenvalue weighted by molar-refractivity contribution is 0.0905. The van der Waals surface area contributed by atoms with Crippen LogP contribution in [-0.2, 0) is 0 Å². The van der Waals surface area contributed by atoms with Gasteiger partial charge in [0.25, 0.3) is 5.91 Å². The number of hydrogen-bond acceptors (Lipinski definition) is 2.